The van der Waals surface area contributed by atoms with Gasteiger partial charge in [0.2, 0.25) is 10.4 Å². The van der Waals surface area contributed by atoms with Gasteiger partial charge in [-0.1, -0.05) is 187 Å². The summed E-state index contributed by atoms with van der Waals surface area (Å²) >= 11 is 0. The second kappa shape index (κ2) is 34.7. The SMILES string of the molecule is CCCCCCCCCC/C=C/C(CCCCCCCCCCCCCCCCCCCC)COS(=O)(=O)[O-].[K+]. The van der Waals surface area contributed by atoms with E-state index < -0.39 is 10.4 Å². The molecule has 0 N–H and O–H groups in total. The van der Waals surface area contributed by atoms with Crippen molar-refractivity contribution in [3.8, 4) is 0 Å². The molecule has 0 aromatic rings. The molecule has 0 rings (SSSR count). The zero-order valence-corrected chi connectivity index (χ0v) is 31.2. The molecule has 1 unspecified atom stereocenters. The van der Waals surface area contributed by atoms with Gasteiger partial charge < -0.3 is 4.55 Å². The van der Waals surface area contributed by atoms with Gasteiger partial charge in [-0.05, 0) is 19.3 Å². The summed E-state index contributed by atoms with van der Waals surface area (Å²) in [6.45, 7) is 4.52. The Morgan fingerprint density at radius 3 is 1.23 bits per heavy atom. The Morgan fingerprint density at radius 2 is 0.875 bits per heavy atom. The summed E-state index contributed by atoms with van der Waals surface area (Å²) in [5.41, 5.74) is 0. The summed E-state index contributed by atoms with van der Waals surface area (Å²) in [6, 6.07) is 0. The number of allylic oxidation sites excluding steroid dienone is 1. The van der Waals surface area contributed by atoms with Gasteiger partial charge in [0.05, 0.1) is 6.61 Å². The van der Waals surface area contributed by atoms with Gasteiger partial charge in [-0.2, -0.15) is 0 Å². The Kier molecular flexibility index (Phi) is 37.7. The zero-order chi connectivity index (χ0) is 28.7. The molecular weight excluding hydrogens is 544 g/mol. The monoisotopic (exact) mass is 610 g/mol. The molecule has 0 radical (unpaired) electrons. The molecule has 6 heteroatoms. The fourth-order valence-corrected chi connectivity index (χ4v) is 5.74. The third-order valence-electron chi connectivity index (χ3n) is 7.99. The van der Waals surface area contributed by atoms with Crippen LogP contribution in [0.4, 0.5) is 0 Å². The van der Waals surface area contributed by atoms with Gasteiger partial charge >= 0.3 is 51.4 Å². The summed E-state index contributed by atoms with van der Waals surface area (Å²) in [7, 11) is -4.62. The van der Waals surface area contributed by atoms with Crippen molar-refractivity contribution in [1.29, 1.82) is 0 Å². The summed E-state index contributed by atoms with van der Waals surface area (Å²) in [6.07, 6.45) is 41.0. The molecule has 0 amide bonds. The molecule has 0 aromatic heterocycles. The summed E-state index contributed by atoms with van der Waals surface area (Å²) in [5.74, 6) is 0.0174. The average Bonchev–Trinajstić information content (AvgIpc) is 2.91. The van der Waals surface area contributed by atoms with E-state index in [4.69, 9.17) is 0 Å². The minimum absolute atomic E-state index is 0. The quantitative estimate of drug-likeness (QED) is 0.0251. The third-order valence-corrected chi connectivity index (χ3v) is 8.41. The molecule has 0 spiro atoms. The Balaban J connectivity index is 0. The van der Waals surface area contributed by atoms with E-state index in [1.54, 1.807) is 0 Å². The van der Waals surface area contributed by atoms with E-state index in [-0.39, 0.29) is 63.9 Å². The van der Waals surface area contributed by atoms with E-state index in [9.17, 15) is 13.0 Å². The number of hydrogen-bond donors (Lipinski definition) is 0. The van der Waals surface area contributed by atoms with Crippen LogP contribution >= 0.6 is 0 Å². The molecule has 0 saturated heterocycles. The Morgan fingerprint density at radius 1 is 0.550 bits per heavy atom. The molecule has 40 heavy (non-hydrogen) atoms. The van der Waals surface area contributed by atoms with Crippen LogP contribution in [0.5, 0.6) is 0 Å². The number of unbranched alkanes of at least 4 members (excludes halogenated alkanes) is 25. The largest absolute Gasteiger partial charge is 1.00 e. The Hall–Kier alpha value is 1.25. The minimum atomic E-state index is -4.62. The van der Waals surface area contributed by atoms with Crippen LogP contribution in [0.25, 0.3) is 0 Å². The fourth-order valence-electron chi connectivity index (χ4n) is 5.40. The third kappa shape index (κ3) is 37.3. The molecule has 0 aliphatic heterocycles. The topological polar surface area (TPSA) is 66.4 Å². The van der Waals surface area contributed by atoms with Crippen LogP contribution in [-0.4, -0.2) is 19.6 Å². The molecule has 0 aliphatic rings. The van der Waals surface area contributed by atoms with Crippen molar-refractivity contribution in [1.82, 2.24) is 0 Å². The Bertz CT molecular complexity index is 609. The van der Waals surface area contributed by atoms with Gasteiger partial charge in [0.1, 0.15) is 0 Å². The number of rotatable bonds is 32. The summed E-state index contributed by atoms with van der Waals surface area (Å²) in [4.78, 5) is 0. The maximum Gasteiger partial charge on any atom is 1.00 e. The molecule has 0 aliphatic carbocycles. The second-order valence-corrected chi connectivity index (χ2v) is 13.0. The second-order valence-electron chi connectivity index (χ2n) is 11.9. The molecule has 0 aromatic carbocycles. The van der Waals surface area contributed by atoms with Crippen LogP contribution in [0.3, 0.4) is 0 Å². The number of hydrogen-bond acceptors (Lipinski definition) is 4. The van der Waals surface area contributed by atoms with E-state index in [0.717, 1.165) is 19.3 Å². The van der Waals surface area contributed by atoms with Gasteiger partial charge in [-0.25, -0.2) is 8.42 Å². The molecule has 0 saturated carbocycles. The average molecular weight is 611 g/mol. The van der Waals surface area contributed by atoms with E-state index in [1.165, 1.54) is 161 Å². The molecule has 1 atom stereocenters. The first kappa shape index (κ1) is 43.4. The molecule has 0 heterocycles. The maximum atomic E-state index is 10.9. The van der Waals surface area contributed by atoms with Crippen LogP contribution in [0, 0.1) is 5.92 Å². The first-order valence-electron chi connectivity index (χ1n) is 17.3. The van der Waals surface area contributed by atoms with Crippen LogP contribution in [0.2, 0.25) is 0 Å². The molecular formula is C34H67KO4S. The molecule has 0 fully saturated rings. The maximum absolute atomic E-state index is 10.9. The van der Waals surface area contributed by atoms with Crippen molar-refractivity contribution >= 4 is 10.4 Å². The van der Waals surface area contributed by atoms with Gasteiger partial charge in [-0.15, -0.1) is 0 Å². The standard InChI is InChI=1S/C34H68O4S.K/c1-3-5-7-9-11-13-15-16-17-18-19-20-21-22-24-26-28-30-32-34(33-38-39(35,36)37)31-29-27-25-23-14-12-10-8-6-4-2;/h29,31,34H,3-28,30,32-33H2,1-2H3,(H,35,36,37);/q;+1/p-1/b31-29+;. The van der Waals surface area contributed by atoms with E-state index in [1.807, 2.05) is 0 Å². The first-order valence-corrected chi connectivity index (χ1v) is 18.6. The van der Waals surface area contributed by atoms with Gasteiger partial charge in [-0.3, -0.25) is 4.18 Å². The van der Waals surface area contributed by atoms with E-state index in [0.29, 0.717) is 0 Å². The van der Waals surface area contributed by atoms with Crippen molar-refractivity contribution in [3.63, 3.8) is 0 Å². The van der Waals surface area contributed by atoms with Crippen LogP contribution in [0.15, 0.2) is 12.2 Å². The predicted molar refractivity (Wildman–Crippen MR) is 169 cm³/mol. The van der Waals surface area contributed by atoms with Gasteiger partial charge in [0, 0.05) is 5.92 Å². The van der Waals surface area contributed by atoms with Crippen molar-refractivity contribution in [2.45, 2.75) is 194 Å². The van der Waals surface area contributed by atoms with Crippen LogP contribution < -0.4 is 51.4 Å². The fraction of sp³-hybridized carbons (Fsp3) is 0.941. The smallest absolute Gasteiger partial charge is 0.726 e. The predicted octanol–water partition coefficient (Wildman–Crippen LogP) is 8.60. The van der Waals surface area contributed by atoms with Crippen LogP contribution in [-0.2, 0) is 14.6 Å². The minimum Gasteiger partial charge on any atom is -0.726 e. The van der Waals surface area contributed by atoms with E-state index >= 15 is 0 Å². The normalized spacial score (nSPS) is 12.7. The summed E-state index contributed by atoms with van der Waals surface area (Å²) < 4.78 is 37.3. The Labute approximate surface area is 294 Å². The van der Waals surface area contributed by atoms with Crippen LogP contribution in [0.1, 0.15) is 194 Å². The first-order chi connectivity index (χ1) is 19.0. The summed E-state index contributed by atoms with van der Waals surface area (Å²) in [5, 5.41) is 0. The van der Waals surface area contributed by atoms with E-state index in [2.05, 4.69) is 30.2 Å². The van der Waals surface area contributed by atoms with Crippen molar-refractivity contribution in [2.75, 3.05) is 6.61 Å². The van der Waals surface area contributed by atoms with Gasteiger partial charge in [0.25, 0.3) is 0 Å². The molecule has 234 valence electrons. The van der Waals surface area contributed by atoms with Crippen molar-refractivity contribution in [3.05, 3.63) is 12.2 Å². The zero-order valence-electron chi connectivity index (χ0n) is 27.3. The van der Waals surface area contributed by atoms with Crippen molar-refractivity contribution in [2.24, 2.45) is 5.92 Å². The molecule has 0 bridgehead atoms. The van der Waals surface area contributed by atoms with Gasteiger partial charge in [0.15, 0.2) is 0 Å². The molecule has 4 nitrogen and oxygen atoms in total. The van der Waals surface area contributed by atoms with Crippen molar-refractivity contribution < 1.29 is 68.5 Å².